The van der Waals surface area contributed by atoms with Crippen LogP contribution in [0.2, 0.25) is 0 Å². The van der Waals surface area contributed by atoms with Crippen molar-refractivity contribution in [2.24, 2.45) is 5.73 Å². The van der Waals surface area contributed by atoms with Crippen LogP contribution in [0.15, 0.2) is 59.4 Å². The summed E-state index contributed by atoms with van der Waals surface area (Å²) in [7, 11) is 1.57. The lowest BCUT2D eigenvalue weighted by Crippen LogP contribution is -2.28. The number of nitrogens with two attached hydrogens (primary N) is 1. The average molecular weight is 420 g/mol. The normalized spacial score (nSPS) is 12.1. The molecule has 2 heterocycles. The SMILES string of the molecule is COc1ccccc1-c1nc2snc(C(N)=O)c2c(=O)n1C(C)Cc1ccccc1. The number of aromatic nitrogens is 3. The number of amides is 1. The number of primary amides is 1. The van der Waals surface area contributed by atoms with E-state index in [9.17, 15) is 9.59 Å². The molecule has 0 aliphatic heterocycles. The van der Waals surface area contributed by atoms with Gasteiger partial charge in [0.05, 0.1) is 12.7 Å². The number of benzene rings is 2. The first-order valence-electron chi connectivity index (χ1n) is 9.40. The lowest BCUT2D eigenvalue weighted by atomic mass is 10.1. The predicted octanol–water partition coefficient (Wildman–Crippen LogP) is 3.43. The highest BCUT2D eigenvalue weighted by atomic mass is 32.1. The van der Waals surface area contributed by atoms with Gasteiger partial charge in [0, 0.05) is 6.04 Å². The Kier molecular flexibility index (Phi) is 5.33. The molecule has 30 heavy (non-hydrogen) atoms. The van der Waals surface area contributed by atoms with Crippen LogP contribution in [0.1, 0.15) is 29.0 Å². The van der Waals surface area contributed by atoms with E-state index in [-0.39, 0.29) is 22.7 Å². The summed E-state index contributed by atoms with van der Waals surface area (Å²) in [6.07, 6.45) is 0.611. The summed E-state index contributed by atoms with van der Waals surface area (Å²) in [5.74, 6) is 0.324. The van der Waals surface area contributed by atoms with Gasteiger partial charge in [0.25, 0.3) is 11.5 Å². The Morgan fingerprint density at radius 1 is 1.17 bits per heavy atom. The van der Waals surface area contributed by atoms with E-state index in [1.807, 2.05) is 61.5 Å². The number of carbonyl (C=O) groups is 1. The van der Waals surface area contributed by atoms with Crippen LogP contribution in [0.25, 0.3) is 21.6 Å². The molecule has 8 heteroatoms. The largest absolute Gasteiger partial charge is 0.496 e. The molecule has 1 amide bonds. The Balaban J connectivity index is 1.99. The van der Waals surface area contributed by atoms with Crippen LogP contribution < -0.4 is 16.0 Å². The Morgan fingerprint density at radius 3 is 2.57 bits per heavy atom. The number of nitrogens with zero attached hydrogens (tertiary/aromatic N) is 3. The van der Waals surface area contributed by atoms with Gasteiger partial charge in [-0.1, -0.05) is 42.5 Å². The summed E-state index contributed by atoms with van der Waals surface area (Å²) < 4.78 is 11.2. The first-order chi connectivity index (χ1) is 14.5. The van der Waals surface area contributed by atoms with Gasteiger partial charge in [-0.15, -0.1) is 0 Å². The van der Waals surface area contributed by atoms with Crippen molar-refractivity contribution < 1.29 is 9.53 Å². The van der Waals surface area contributed by atoms with Crippen molar-refractivity contribution in [3.8, 4) is 17.1 Å². The second-order valence-electron chi connectivity index (χ2n) is 6.93. The Morgan fingerprint density at radius 2 is 1.87 bits per heavy atom. The summed E-state index contributed by atoms with van der Waals surface area (Å²) in [6, 6.07) is 17.0. The molecule has 7 nitrogen and oxygen atoms in total. The maximum Gasteiger partial charge on any atom is 0.269 e. The first kappa shape index (κ1) is 19.8. The van der Waals surface area contributed by atoms with Gasteiger partial charge in [0.1, 0.15) is 17.0 Å². The minimum Gasteiger partial charge on any atom is -0.496 e. The number of hydrogen-bond acceptors (Lipinski definition) is 6. The molecule has 1 atom stereocenters. The molecule has 152 valence electrons. The molecule has 2 aromatic heterocycles. The Bertz CT molecular complexity index is 1280. The highest BCUT2D eigenvalue weighted by Gasteiger charge is 2.24. The van der Waals surface area contributed by atoms with Gasteiger partial charge in [-0.25, -0.2) is 4.98 Å². The number of methoxy groups -OCH3 is 1. The van der Waals surface area contributed by atoms with Crippen LogP contribution in [0.5, 0.6) is 5.75 Å². The molecule has 0 bridgehead atoms. The molecule has 1 unspecified atom stereocenters. The fraction of sp³-hybridized carbons (Fsp3) is 0.182. The van der Waals surface area contributed by atoms with Crippen molar-refractivity contribution in [2.45, 2.75) is 19.4 Å². The van der Waals surface area contributed by atoms with Gasteiger partial charge >= 0.3 is 0 Å². The topological polar surface area (TPSA) is 100 Å². The van der Waals surface area contributed by atoms with Crippen molar-refractivity contribution in [1.82, 2.24) is 13.9 Å². The highest BCUT2D eigenvalue weighted by Crippen LogP contribution is 2.32. The van der Waals surface area contributed by atoms with E-state index in [1.54, 1.807) is 11.7 Å². The molecule has 4 aromatic rings. The maximum absolute atomic E-state index is 13.6. The number of carbonyl (C=O) groups excluding carboxylic acids is 1. The van der Waals surface area contributed by atoms with Crippen molar-refractivity contribution in [3.63, 3.8) is 0 Å². The Hall–Kier alpha value is -3.52. The van der Waals surface area contributed by atoms with E-state index >= 15 is 0 Å². The summed E-state index contributed by atoms with van der Waals surface area (Å²) in [4.78, 5) is 30.5. The van der Waals surface area contributed by atoms with Crippen LogP contribution in [-0.4, -0.2) is 26.9 Å². The summed E-state index contributed by atoms with van der Waals surface area (Å²) >= 11 is 0.987. The molecule has 0 fully saturated rings. The number of rotatable bonds is 6. The van der Waals surface area contributed by atoms with Gasteiger partial charge in [-0.3, -0.25) is 14.2 Å². The van der Waals surface area contributed by atoms with Crippen LogP contribution in [-0.2, 0) is 6.42 Å². The minimum atomic E-state index is -0.743. The van der Waals surface area contributed by atoms with Crippen LogP contribution in [0.4, 0.5) is 0 Å². The number of fused-ring (bicyclic) bond motifs is 1. The van der Waals surface area contributed by atoms with Gasteiger partial charge in [0.2, 0.25) is 0 Å². The van der Waals surface area contributed by atoms with E-state index in [1.165, 1.54) is 0 Å². The molecule has 2 N–H and O–H groups in total. The molecular formula is C22H20N4O3S. The third kappa shape index (κ3) is 3.46. The molecular weight excluding hydrogens is 400 g/mol. The van der Waals surface area contributed by atoms with E-state index in [4.69, 9.17) is 15.5 Å². The number of para-hydroxylation sites is 1. The van der Waals surface area contributed by atoms with Gasteiger partial charge < -0.3 is 10.5 Å². The van der Waals surface area contributed by atoms with E-state index in [0.717, 1.165) is 17.1 Å². The number of ether oxygens (including phenoxy) is 1. The lowest BCUT2D eigenvalue weighted by Gasteiger charge is -2.20. The minimum absolute atomic E-state index is 0.0419. The summed E-state index contributed by atoms with van der Waals surface area (Å²) in [6.45, 7) is 1.95. The van der Waals surface area contributed by atoms with Crippen molar-refractivity contribution in [2.75, 3.05) is 7.11 Å². The number of hydrogen-bond donors (Lipinski definition) is 1. The van der Waals surface area contributed by atoms with Crippen LogP contribution in [0, 0.1) is 0 Å². The van der Waals surface area contributed by atoms with E-state index < -0.39 is 5.91 Å². The van der Waals surface area contributed by atoms with E-state index in [0.29, 0.717) is 28.4 Å². The van der Waals surface area contributed by atoms with Crippen molar-refractivity contribution in [1.29, 1.82) is 0 Å². The predicted molar refractivity (Wildman–Crippen MR) is 117 cm³/mol. The standard InChI is InChI=1S/C22H20N4O3S/c1-13(12-14-8-4-3-5-9-14)26-20(15-10-6-7-11-16(15)29-2)24-21-17(22(26)28)18(19(23)27)25-30-21/h3-11,13H,12H2,1-2H3,(H2,23,27). The zero-order chi connectivity index (χ0) is 21.3. The molecule has 0 aliphatic rings. The van der Waals surface area contributed by atoms with E-state index in [2.05, 4.69) is 4.37 Å². The highest BCUT2D eigenvalue weighted by molar-refractivity contribution is 7.13. The van der Waals surface area contributed by atoms with Crippen molar-refractivity contribution >= 4 is 27.7 Å². The third-order valence-corrected chi connectivity index (χ3v) is 5.68. The Labute approximate surface area is 176 Å². The zero-order valence-corrected chi connectivity index (χ0v) is 17.3. The smallest absolute Gasteiger partial charge is 0.269 e. The molecule has 0 saturated carbocycles. The molecule has 2 aromatic carbocycles. The molecule has 0 spiro atoms. The molecule has 4 rings (SSSR count). The van der Waals surface area contributed by atoms with Gasteiger partial charge in [0.15, 0.2) is 10.5 Å². The second kappa shape index (κ2) is 8.08. The lowest BCUT2D eigenvalue weighted by molar-refractivity contribution is 0.0998. The average Bonchev–Trinajstić information content (AvgIpc) is 3.19. The third-order valence-electron chi connectivity index (χ3n) is 4.94. The van der Waals surface area contributed by atoms with Crippen molar-refractivity contribution in [3.05, 3.63) is 76.2 Å². The molecule has 0 radical (unpaired) electrons. The zero-order valence-electron chi connectivity index (χ0n) is 16.5. The summed E-state index contributed by atoms with van der Waals surface area (Å²) in [5.41, 5.74) is 6.84. The van der Waals surface area contributed by atoms with Crippen LogP contribution >= 0.6 is 11.5 Å². The molecule has 0 saturated heterocycles. The monoisotopic (exact) mass is 420 g/mol. The fourth-order valence-corrected chi connectivity index (χ4v) is 4.32. The summed E-state index contributed by atoms with van der Waals surface area (Å²) in [5, 5.41) is 0.158. The molecule has 0 aliphatic carbocycles. The first-order valence-corrected chi connectivity index (χ1v) is 10.2. The maximum atomic E-state index is 13.6. The van der Waals surface area contributed by atoms with Crippen LogP contribution in [0.3, 0.4) is 0 Å². The quantitative estimate of drug-likeness (QED) is 0.515. The van der Waals surface area contributed by atoms with Gasteiger partial charge in [-0.2, -0.15) is 4.37 Å². The fourth-order valence-electron chi connectivity index (χ4n) is 3.56. The second-order valence-corrected chi connectivity index (χ2v) is 7.68. The van der Waals surface area contributed by atoms with Gasteiger partial charge in [-0.05, 0) is 42.6 Å².